The molecule has 0 saturated heterocycles. The highest BCUT2D eigenvalue weighted by Crippen LogP contribution is 2.15. The van der Waals surface area contributed by atoms with E-state index in [1.807, 2.05) is 0 Å². The average molecular weight is 266 g/mol. The minimum absolute atomic E-state index is 0.259. The zero-order valence-corrected chi connectivity index (χ0v) is 10.5. The predicted molar refractivity (Wildman–Crippen MR) is 64.2 cm³/mol. The molecule has 0 N–H and O–H groups in total. The Bertz CT molecular complexity index is 623. The molecule has 100 valence electrons. The monoisotopic (exact) mass is 266 g/mol. The highest BCUT2D eigenvalue weighted by atomic mass is 19.2. The Morgan fingerprint density at radius 2 is 2.11 bits per heavy atom. The number of carbonyl (C=O) groups excluding carboxylic acids is 1. The number of hydrogen-bond donors (Lipinski definition) is 0. The molecule has 1 heterocycles. The Kier molecular flexibility index (Phi) is 3.59. The molecule has 0 fully saturated rings. The summed E-state index contributed by atoms with van der Waals surface area (Å²) < 4.78 is 32.2. The quantitative estimate of drug-likeness (QED) is 0.802. The normalized spacial score (nSPS) is 10.5. The van der Waals surface area contributed by atoms with Crippen molar-refractivity contribution in [1.82, 2.24) is 9.78 Å². The van der Waals surface area contributed by atoms with E-state index in [1.165, 1.54) is 16.9 Å². The van der Waals surface area contributed by atoms with Gasteiger partial charge in [0.1, 0.15) is 5.56 Å². The van der Waals surface area contributed by atoms with Gasteiger partial charge in [0, 0.05) is 12.3 Å². The number of benzene rings is 1. The number of aryl methyl sites for hydroxylation is 1. The van der Waals surface area contributed by atoms with Gasteiger partial charge in [-0.2, -0.15) is 5.10 Å². The molecule has 2 rings (SSSR count). The highest BCUT2D eigenvalue weighted by Gasteiger charge is 2.15. The fourth-order valence-electron chi connectivity index (χ4n) is 1.63. The molecule has 0 bridgehead atoms. The molecule has 1 aromatic heterocycles. The van der Waals surface area contributed by atoms with Crippen LogP contribution in [0.5, 0.6) is 0 Å². The van der Waals surface area contributed by atoms with Gasteiger partial charge in [-0.3, -0.25) is 0 Å². The van der Waals surface area contributed by atoms with Crippen molar-refractivity contribution in [2.75, 3.05) is 6.61 Å². The van der Waals surface area contributed by atoms with Crippen LogP contribution in [0.25, 0.3) is 5.69 Å². The smallest absolute Gasteiger partial charge is 0.341 e. The van der Waals surface area contributed by atoms with Crippen LogP contribution in [0.15, 0.2) is 24.4 Å². The number of rotatable bonds is 3. The van der Waals surface area contributed by atoms with Crippen molar-refractivity contribution in [1.29, 1.82) is 0 Å². The number of esters is 1. The maximum atomic E-state index is 13.1. The Morgan fingerprint density at radius 3 is 2.74 bits per heavy atom. The summed E-state index contributed by atoms with van der Waals surface area (Å²) in [5, 5.41) is 4.08. The number of carbonyl (C=O) groups is 1. The van der Waals surface area contributed by atoms with Gasteiger partial charge in [0.25, 0.3) is 0 Å². The van der Waals surface area contributed by atoms with Crippen LogP contribution in [-0.4, -0.2) is 22.4 Å². The maximum Gasteiger partial charge on any atom is 0.341 e. The minimum Gasteiger partial charge on any atom is -0.462 e. The second-order valence-corrected chi connectivity index (χ2v) is 3.89. The van der Waals surface area contributed by atoms with E-state index in [-0.39, 0.29) is 6.61 Å². The van der Waals surface area contributed by atoms with Crippen molar-refractivity contribution in [3.8, 4) is 5.69 Å². The molecule has 0 spiro atoms. The first-order valence-electron chi connectivity index (χ1n) is 5.71. The first-order valence-corrected chi connectivity index (χ1v) is 5.71. The van der Waals surface area contributed by atoms with E-state index in [4.69, 9.17) is 4.74 Å². The first kappa shape index (κ1) is 13.2. The summed E-state index contributed by atoms with van der Waals surface area (Å²) in [4.78, 5) is 11.6. The van der Waals surface area contributed by atoms with Gasteiger partial charge in [-0.25, -0.2) is 18.3 Å². The molecule has 4 nitrogen and oxygen atoms in total. The van der Waals surface area contributed by atoms with Crippen LogP contribution >= 0.6 is 0 Å². The molecular formula is C13H12F2N2O2. The van der Waals surface area contributed by atoms with E-state index >= 15 is 0 Å². The van der Waals surface area contributed by atoms with Gasteiger partial charge in [0.15, 0.2) is 11.6 Å². The van der Waals surface area contributed by atoms with Crippen molar-refractivity contribution in [2.45, 2.75) is 13.8 Å². The van der Waals surface area contributed by atoms with Gasteiger partial charge in [-0.05, 0) is 26.0 Å². The van der Waals surface area contributed by atoms with E-state index in [0.717, 1.165) is 12.1 Å². The van der Waals surface area contributed by atoms with Gasteiger partial charge in [0.05, 0.1) is 18.0 Å². The number of halogens is 2. The number of ether oxygens (including phenoxy) is 1. The van der Waals surface area contributed by atoms with Crippen LogP contribution in [0.3, 0.4) is 0 Å². The van der Waals surface area contributed by atoms with Gasteiger partial charge in [-0.15, -0.1) is 0 Å². The molecule has 0 atom stereocenters. The van der Waals surface area contributed by atoms with Crippen LogP contribution in [0.2, 0.25) is 0 Å². The molecule has 0 amide bonds. The third-order valence-corrected chi connectivity index (χ3v) is 2.56. The molecule has 0 aliphatic carbocycles. The summed E-state index contributed by atoms with van der Waals surface area (Å²) in [6.45, 7) is 3.60. The highest BCUT2D eigenvalue weighted by molar-refractivity contribution is 5.90. The molecule has 0 radical (unpaired) electrons. The average Bonchev–Trinajstić information content (AvgIpc) is 2.75. The van der Waals surface area contributed by atoms with Crippen molar-refractivity contribution >= 4 is 5.97 Å². The van der Waals surface area contributed by atoms with Crippen LogP contribution in [0.4, 0.5) is 8.78 Å². The van der Waals surface area contributed by atoms with E-state index < -0.39 is 17.6 Å². The first-order chi connectivity index (χ1) is 9.02. The zero-order chi connectivity index (χ0) is 14.0. The number of nitrogens with zero attached hydrogens (tertiary/aromatic N) is 2. The van der Waals surface area contributed by atoms with Crippen molar-refractivity contribution in [3.05, 3.63) is 47.3 Å². The zero-order valence-electron chi connectivity index (χ0n) is 10.5. The maximum absolute atomic E-state index is 13.1. The Labute approximate surface area is 108 Å². The number of aromatic nitrogens is 2. The van der Waals surface area contributed by atoms with E-state index in [1.54, 1.807) is 13.8 Å². The van der Waals surface area contributed by atoms with Gasteiger partial charge < -0.3 is 4.74 Å². The Morgan fingerprint density at radius 1 is 1.37 bits per heavy atom. The summed E-state index contributed by atoms with van der Waals surface area (Å²) >= 11 is 0. The Balaban J connectivity index is 2.38. The van der Waals surface area contributed by atoms with E-state index in [9.17, 15) is 13.6 Å². The lowest BCUT2D eigenvalue weighted by Crippen LogP contribution is -2.04. The molecule has 19 heavy (non-hydrogen) atoms. The molecule has 0 aliphatic rings. The summed E-state index contributed by atoms with van der Waals surface area (Å²) in [5.41, 5.74) is 1.09. The third-order valence-electron chi connectivity index (χ3n) is 2.56. The summed E-state index contributed by atoms with van der Waals surface area (Å²) in [5.74, 6) is -2.39. The fourth-order valence-corrected chi connectivity index (χ4v) is 1.63. The van der Waals surface area contributed by atoms with Crippen LogP contribution in [-0.2, 0) is 4.74 Å². The lowest BCUT2D eigenvalue weighted by molar-refractivity contribution is 0.0525. The SMILES string of the molecule is CCOC(=O)c1cn(-c2ccc(F)c(F)c2)nc1C. The second kappa shape index (κ2) is 5.17. The van der Waals surface area contributed by atoms with Crippen molar-refractivity contribution in [3.63, 3.8) is 0 Å². The topological polar surface area (TPSA) is 44.1 Å². The van der Waals surface area contributed by atoms with Crippen LogP contribution in [0, 0.1) is 18.6 Å². The molecule has 6 heteroatoms. The molecule has 2 aromatic rings. The van der Waals surface area contributed by atoms with E-state index in [0.29, 0.717) is 16.9 Å². The minimum atomic E-state index is -0.969. The molecule has 0 aliphatic heterocycles. The van der Waals surface area contributed by atoms with E-state index in [2.05, 4.69) is 5.10 Å². The molecule has 0 saturated carbocycles. The number of hydrogen-bond acceptors (Lipinski definition) is 3. The van der Waals surface area contributed by atoms with Gasteiger partial charge in [-0.1, -0.05) is 0 Å². The molecule has 0 unspecified atom stereocenters. The summed E-state index contributed by atoms with van der Waals surface area (Å²) in [7, 11) is 0. The predicted octanol–water partition coefficient (Wildman–Crippen LogP) is 2.64. The van der Waals surface area contributed by atoms with Gasteiger partial charge in [0.2, 0.25) is 0 Å². The third kappa shape index (κ3) is 2.62. The summed E-state index contributed by atoms with van der Waals surface area (Å²) in [6.07, 6.45) is 1.43. The summed E-state index contributed by atoms with van der Waals surface area (Å²) in [6, 6.07) is 3.39. The van der Waals surface area contributed by atoms with Crippen LogP contribution < -0.4 is 0 Å². The second-order valence-electron chi connectivity index (χ2n) is 3.89. The largest absolute Gasteiger partial charge is 0.462 e. The molecular weight excluding hydrogens is 254 g/mol. The molecule has 1 aromatic carbocycles. The fraction of sp³-hybridized carbons (Fsp3) is 0.231. The standard InChI is InChI=1S/C13H12F2N2O2/c1-3-19-13(18)10-7-17(16-8(10)2)9-4-5-11(14)12(15)6-9/h4-7H,3H2,1-2H3. The lowest BCUT2D eigenvalue weighted by Gasteiger charge is -2.01. The van der Waals surface area contributed by atoms with Crippen LogP contribution in [0.1, 0.15) is 23.0 Å². The lowest BCUT2D eigenvalue weighted by atomic mass is 10.2. The Hall–Kier alpha value is -2.24. The van der Waals surface area contributed by atoms with Crippen molar-refractivity contribution in [2.24, 2.45) is 0 Å². The van der Waals surface area contributed by atoms with Crippen molar-refractivity contribution < 1.29 is 18.3 Å². The van der Waals surface area contributed by atoms with Gasteiger partial charge >= 0.3 is 5.97 Å².